The van der Waals surface area contributed by atoms with Gasteiger partial charge in [-0.2, -0.15) is 0 Å². The van der Waals surface area contributed by atoms with Gasteiger partial charge in [-0.3, -0.25) is 4.99 Å². The average Bonchev–Trinajstić information content (AvgIpc) is 2.58. The summed E-state index contributed by atoms with van der Waals surface area (Å²) in [6.45, 7) is 0. The Bertz CT molecular complexity index is 289. The van der Waals surface area contributed by atoms with Crippen LogP contribution in [-0.4, -0.2) is 6.21 Å². The van der Waals surface area contributed by atoms with Crippen LogP contribution in [0.3, 0.4) is 0 Å². The highest BCUT2D eigenvalue weighted by Crippen LogP contribution is 2.26. The number of halogens is 1. The molecule has 2 heteroatoms. The Morgan fingerprint density at radius 3 is 2.58 bits per heavy atom. The van der Waals surface area contributed by atoms with E-state index in [0.29, 0.717) is 6.04 Å². The highest BCUT2D eigenvalue weighted by molar-refractivity contribution is 9.10. The summed E-state index contributed by atoms with van der Waals surface area (Å²) in [4.78, 5) is 4.40. The molecule has 1 atom stereocenters. The van der Waals surface area contributed by atoms with Gasteiger partial charge >= 0.3 is 0 Å². The van der Waals surface area contributed by atoms with E-state index in [-0.39, 0.29) is 0 Å². The maximum Gasteiger partial charge on any atom is 0.0748 e. The summed E-state index contributed by atoms with van der Waals surface area (Å²) in [7, 11) is 0. The van der Waals surface area contributed by atoms with Gasteiger partial charge in [0.2, 0.25) is 0 Å². The number of hydrogen-bond donors (Lipinski definition) is 0. The first kappa shape index (κ1) is 7.99. The van der Waals surface area contributed by atoms with Crippen molar-refractivity contribution in [3.8, 4) is 0 Å². The minimum atomic E-state index is 0.415. The first-order valence-corrected chi connectivity index (χ1v) is 4.92. The van der Waals surface area contributed by atoms with Crippen molar-refractivity contribution in [2.24, 2.45) is 4.99 Å². The number of benzene rings is 1. The number of nitrogens with zero attached hydrogens (tertiary/aromatic N) is 1. The highest BCUT2D eigenvalue weighted by atomic mass is 79.9. The van der Waals surface area contributed by atoms with E-state index >= 15 is 0 Å². The van der Waals surface area contributed by atoms with Crippen LogP contribution in [0.5, 0.6) is 0 Å². The average molecular weight is 224 g/mol. The van der Waals surface area contributed by atoms with E-state index in [9.17, 15) is 0 Å². The van der Waals surface area contributed by atoms with Crippen molar-refractivity contribution in [3.63, 3.8) is 0 Å². The molecule has 0 aromatic heterocycles. The largest absolute Gasteiger partial charge is 0.289 e. The second-order valence-corrected chi connectivity index (χ2v) is 3.89. The maximum atomic E-state index is 4.40. The third-order valence-corrected chi connectivity index (χ3v) is 2.64. The summed E-state index contributed by atoms with van der Waals surface area (Å²) in [6, 6.07) is 8.83. The van der Waals surface area contributed by atoms with Gasteiger partial charge in [-0.25, -0.2) is 0 Å². The van der Waals surface area contributed by atoms with E-state index in [0.717, 1.165) is 10.9 Å². The summed E-state index contributed by atoms with van der Waals surface area (Å²) in [6.07, 6.45) is 4.31. The fraction of sp³-hybridized carbons (Fsp3) is 0.300. The Hall–Kier alpha value is -0.630. The Kier molecular flexibility index (Phi) is 2.26. The van der Waals surface area contributed by atoms with Gasteiger partial charge in [0.15, 0.2) is 0 Å². The lowest BCUT2D eigenvalue weighted by atomic mass is 10.1. The van der Waals surface area contributed by atoms with Crippen molar-refractivity contribution in [2.45, 2.75) is 18.9 Å². The third kappa shape index (κ3) is 1.58. The van der Waals surface area contributed by atoms with Crippen LogP contribution in [0.2, 0.25) is 0 Å². The fourth-order valence-electron chi connectivity index (χ4n) is 1.45. The number of aliphatic imine (C=N–C) groups is 1. The van der Waals surface area contributed by atoms with Crippen LogP contribution in [-0.2, 0) is 0 Å². The minimum Gasteiger partial charge on any atom is -0.289 e. The second-order valence-electron chi connectivity index (χ2n) is 2.98. The van der Waals surface area contributed by atoms with E-state index in [1.54, 1.807) is 0 Å². The van der Waals surface area contributed by atoms with Crippen LogP contribution in [0, 0.1) is 0 Å². The first-order valence-electron chi connectivity index (χ1n) is 4.13. The molecule has 0 bridgehead atoms. The number of rotatable bonds is 1. The van der Waals surface area contributed by atoms with Crippen LogP contribution in [0.25, 0.3) is 0 Å². The molecule has 0 aliphatic carbocycles. The molecule has 0 amide bonds. The molecule has 2 rings (SSSR count). The SMILES string of the molecule is Brc1ccc(C2CCC=N2)cc1. The highest BCUT2D eigenvalue weighted by Gasteiger charge is 2.11. The molecule has 0 N–H and O–H groups in total. The molecule has 1 nitrogen and oxygen atoms in total. The van der Waals surface area contributed by atoms with Crippen molar-refractivity contribution < 1.29 is 0 Å². The Labute approximate surface area is 80.6 Å². The second kappa shape index (κ2) is 3.40. The Balaban J connectivity index is 2.23. The molecule has 1 aromatic rings. The molecule has 62 valence electrons. The number of hydrogen-bond acceptors (Lipinski definition) is 1. The molecule has 0 spiro atoms. The van der Waals surface area contributed by atoms with Gasteiger partial charge in [-0.15, -0.1) is 0 Å². The molecular formula is C10H10BrN. The van der Waals surface area contributed by atoms with E-state index in [1.807, 2.05) is 6.21 Å². The molecule has 0 saturated carbocycles. The monoisotopic (exact) mass is 223 g/mol. The van der Waals surface area contributed by atoms with E-state index in [2.05, 4.69) is 45.2 Å². The third-order valence-electron chi connectivity index (χ3n) is 2.11. The van der Waals surface area contributed by atoms with Crippen molar-refractivity contribution >= 4 is 22.1 Å². The molecule has 1 aromatic carbocycles. The van der Waals surface area contributed by atoms with Gasteiger partial charge in [0.25, 0.3) is 0 Å². The van der Waals surface area contributed by atoms with Crippen molar-refractivity contribution in [1.29, 1.82) is 0 Å². The van der Waals surface area contributed by atoms with Crippen LogP contribution < -0.4 is 0 Å². The molecule has 1 aliphatic heterocycles. The fourth-order valence-corrected chi connectivity index (χ4v) is 1.71. The smallest absolute Gasteiger partial charge is 0.0748 e. The standard InChI is InChI=1S/C10H10BrN/c11-9-5-3-8(4-6-9)10-2-1-7-12-10/h3-7,10H,1-2H2. The normalized spacial score (nSPS) is 21.6. The lowest BCUT2D eigenvalue weighted by molar-refractivity contribution is 0.723. The topological polar surface area (TPSA) is 12.4 Å². The zero-order valence-corrected chi connectivity index (χ0v) is 8.29. The summed E-state index contributed by atoms with van der Waals surface area (Å²) in [5.74, 6) is 0. The van der Waals surface area contributed by atoms with Gasteiger partial charge in [0, 0.05) is 4.47 Å². The quantitative estimate of drug-likeness (QED) is 0.693. The van der Waals surface area contributed by atoms with Crippen molar-refractivity contribution in [3.05, 3.63) is 34.3 Å². The predicted octanol–water partition coefficient (Wildman–Crippen LogP) is 3.35. The van der Waals surface area contributed by atoms with E-state index in [1.165, 1.54) is 12.0 Å². The van der Waals surface area contributed by atoms with E-state index in [4.69, 9.17) is 0 Å². The summed E-state index contributed by atoms with van der Waals surface area (Å²) < 4.78 is 1.13. The molecular weight excluding hydrogens is 214 g/mol. The summed E-state index contributed by atoms with van der Waals surface area (Å²) >= 11 is 3.42. The predicted molar refractivity (Wildman–Crippen MR) is 54.6 cm³/mol. The lowest BCUT2D eigenvalue weighted by Gasteiger charge is -2.05. The Morgan fingerprint density at radius 2 is 2.00 bits per heavy atom. The van der Waals surface area contributed by atoms with Crippen LogP contribution in [0.1, 0.15) is 24.4 Å². The van der Waals surface area contributed by atoms with Gasteiger partial charge in [0.1, 0.15) is 0 Å². The van der Waals surface area contributed by atoms with Crippen LogP contribution >= 0.6 is 15.9 Å². The molecule has 0 saturated heterocycles. The van der Waals surface area contributed by atoms with Gasteiger partial charge in [-0.1, -0.05) is 28.1 Å². The minimum absolute atomic E-state index is 0.415. The van der Waals surface area contributed by atoms with Gasteiger partial charge in [-0.05, 0) is 36.8 Å². The molecule has 0 fully saturated rings. The summed E-state index contributed by atoms with van der Waals surface area (Å²) in [5.41, 5.74) is 1.33. The molecule has 0 radical (unpaired) electrons. The van der Waals surface area contributed by atoms with Gasteiger partial charge < -0.3 is 0 Å². The molecule has 1 heterocycles. The zero-order valence-electron chi connectivity index (χ0n) is 6.70. The van der Waals surface area contributed by atoms with Crippen LogP contribution in [0.4, 0.5) is 0 Å². The van der Waals surface area contributed by atoms with Crippen molar-refractivity contribution in [2.75, 3.05) is 0 Å². The first-order chi connectivity index (χ1) is 5.86. The van der Waals surface area contributed by atoms with E-state index < -0.39 is 0 Å². The molecule has 1 aliphatic rings. The lowest BCUT2D eigenvalue weighted by Crippen LogP contribution is -1.89. The van der Waals surface area contributed by atoms with Crippen LogP contribution in [0.15, 0.2) is 33.7 Å². The molecule has 12 heavy (non-hydrogen) atoms. The van der Waals surface area contributed by atoms with Gasteiger partial charge in [0.05, 0.1) is 6.04 Å². The maximum absolute atomic E-state index is 4.40. The zero-order chi connectivity index (χ0) is 8.39. The molecule has 1 unspecified atom stereocenters. The summed E-state index contributed by atoms with van der Waals surface area (Å²) in [5, 5.41) is 0. The Morgan fingerprint density at radius 1 is 1.25 bits per heavy atom. The van der Waals surface area contributed by atoms with Crippen molar-refractivity contribution in [1.82, 2.24) is 0 Å².